The fourth-order valence-corrected chi connectivity index (χ4v) is 2.32. The monoisotopic (exact) mass is 328 g/mol. The van der Waals surface area contributed by atoms with Gasteiger partial charge in [-0.25, -0.2) is 0 Å². The summed E-state index contributed by atoms with van der Waals surface area (Å²) in [4.78, 5) is 14.0. The van der Waals surface area contributed by atoms with E-state index in [2.05, 4.69) is 5.32 Å². The second-order valence-corrected chi connectivity index (χ2v) is 5.31. The van der Waals surface area contributed by atoms with Crippen molar-refractivity contribution >= 4 is 18.3 Å². The van der Waals surface area contributed by atoms with Crippen molar-refractivity contribution in [3.8, 4) is 0 Å². The average Bonchev–Trinajstić information content (AvgIpc) is 2.52. The molecule has 0 aliphatic carbocycles. The molecule has 0 unspecified atom stereocenters. The Morgan fingerprint density at radius 3 is 2.82 bits per heavy atom. The zero-order valence-electron chi connectivity index (χ0n) is 13.2. The molecule has 2 rings (SSSR count). The van der Waals surface area contributed by atoms with Crippen LogP contribution < -0.4 is 5.32 Å². The highest BCUT2D eigenvalue weighted by Gasteiger charge is 2.30. The molecule has 0 saturated carbocycles. The molecule has 1 saturated heterocycles. The van der Waals surface area contributed by atoms with Gasteiger partial charge in [0, 0.05) is 20.1 Å². The second kappa shape index (κ2) is 9.79. The molecule has 0 radical (unpaired) electrons. The molecule has 1 aromatic rings. The molecule has 0 aromatic heterocycles. The molecule has 1 heterocycles. The first-order chi connectivity index (χ1) is 10.2. The number of hydrogen-bond donors (Lipinski definition) is 1. The molecule has 1 amide bonds. The van der Waals surface area contributed by atoms with Crippen LogP contribution in [0.3, 0.4) is 0 Å². The van der Waals surface area contributed by atoms with Crippen LogP contribution in [0.1, 0.15) is 12.5 Å². The van der Waals surface area contributed by atoms with Gasteiger partial charge in [0.05, 0.1) is 25.9 Å². The van der Waals surface area contributed by atoms with Gasteiger partial charge < -0.3 is 19.7 Å². The highest BCUT2D eigenvalue weighted by Crippen LogP contribution is 2.07. The molecule has 1 aliphatic rings. The number of halogens is 1. The van der Waals surface area contributed by atoms with E-state index in [4.69, 9.17) is 9.47 Å². The Kier molecular flexibility index (Phi) is 8.42. The van der Waals surface area contributed by atoms with Crippen LogP contribution >= 0.6 is 12.4 Å². The summed E-state index contributed by atoms with van der Waals surface area (Å²) in [6.45, 7) is 4.99. The van der Waals surface area contributed by atoms with E-state index < -0.39 is 0 Å². The summed E-state index contributed by atoms with van der Waals surface area (Å²) >= 11 is 0. The molecule has 124 valence electrons. The van der Waals surface area contributed by atoms with Gasteiger partial charge in [-0.3, -0.25) is 4.79 Å². The van der Waals surface area contributed by atoms with Crippen LogP contribution in [0.15, 0.2) is 30.3 Å². The van der Waals surface area contributed by atoms with Gasteiger partial charge >= 0.3 is 0 Å². The normalized spacial score (nSPS) is 21.0. The van der Waals surface area contributed by atoms with E-state index in [9.17, 15) is 4.79 Å². The molecule has 0 bridgehead atoms. The lowest BCUT2D eigenvalue weighted by atomic mass is 10.1. The first kappa shape index (κ1) is 18.9. The van der Waals surface area contributed by atoms with Gasteiger partial charge in [-0.1, -0.05) is 30.3 Å². The van der Waals surface area contributed by atoms with Crippen molar-refractivity contribution in [1.29, 1.82) is 0 Å². The number of nitrogens with zero attached hydrogens (tertiary/aromatic N) is 1. The van der Waals surface area contributed by atoms with Gasteiger partial charge in [-0.2, -0.15) is 0 Å². The van der Waals surface area contributed by atoms with E-state index in [1.807, 2.05) is 37.3 Å². The van der Waals surface area contributed by atoms with Crippen molar-refractivity contribution in [1.82, 2.24) is 10.2 Å². The van der Waals surface area contributed by atoms with E-state index >= 15 is 0 Å². The fraction of sp³-hybridized carbons (Fsp3) is 0.562. The SMILES string of the molecule is C[C@H]1OCCN[C@@H]1C(=O)N(C)CCOCc1ccccc1.Cl. The second-order valence-electron chi connectivity index (χ2n) is 5.31. The molecule has 5 nitrogen and oxygen atoms in total. The summed E-state index contributed by atoms with van der Waals surface area (Å²) < 4.78 is 11.1. The summed E-state index contributed by atoms with van der Waals surface area (Å²) in [5.74, 6) is 0.0607. The van der Waals surface area contributed by atoms with Crippen molar-refractivity contribution < 1.29 is 14.3 Å². The fourth-order valence-electron chi connectivity index (χ4n) is 2.32. The molecule has 0 spiro atoms. The molecule has 2 atom stereocenters. The predicted molar refractivity (Wildman–Crippen MR) is 88.2 cm³/mol. The van der Waals surface area contributed by atoms with Crippen molar-refractivity contribution in [2.75, 3.05) is 33.4 Å². The Morgan fingerprint density at radius 1 is 1.41 bits per heavy atom. The number of ether oxygens (including phenoxy) is 2. The smallest absolute Gasteiger partial charge is 0.242 e. The number of benzene rings is 1. The van der Waals surface area contributed by atoms with Crippen LogP contribution in [0, 0.1) is 0 Å². The van der Waals surface area contributed by atoms with Gasteiger partial charge in [-0.15, -0.1) is 12.4 Å². The third kappa shape index (κ3) is 5.57. The summed E-state index contributed by atoms with van der Waals surface area (Å²) in [6, 6.07) is 9.77. The molecule has 1 aromatic carbocycles. The number of rotatable bonds is 6. The lowest BCUT2D eigenvalue weighted by Crippen LogP contribution is -2.56. The number of carbonyl (C=O) groups excluding carboxylic acids is 1. The third-order valence-corrected chi connectivity index (χ3v) is 3.64. The Labute approximate surface area is 138 Å². The standard InChI is InChI=1S/C16H24N2O3.ClH/c1-13-15(17-8-10-21-13)16(19)18(2)9-11-20-12-14-6-4-3-5-7-14;/h3-7,13,15,17H,8-12H2,1-2H3;1H/t13-,15+;/m1./s1. The first-order valence-electron chi connectivity index (χ1n) is 7.40. The molecule has 1 aliphatic heterocycles. The summed E-state index contributed by atoms with van der Waals surface area (Å²) in [5.41, 5.74) is 1.14. The van der Waals surface area contributed by atoms with Crippen LogP contribution in [0.4, 0.5) is 0 Å². The maximum atomic E-state index is 12.3. The summed E-state index contributed by atoms with van der Waals surface area (Å²) in [5, 5.41) is 3.21. The Balaban J connectivity index is 0.00000242. The minimum absolute atomic E-state index is 0. The summed E-state index contributed by atoms with van der Waals surface area (Å²) in [6.07, 6.45) is -0.0843. The number of morpholine rings is 1. The molecular weight excluding hydrogens is 304 g/mol. The highest BCUT2D eigenvalue weighted by atomic mass is 35.5. The van der Waals surface area contributed by atoms with Crippen molar-refractivity contribution in [2.24, 2.45) is 0 Å². The van der Waals surface area contributed by atoms with Crippen molar-refractivity contribution in [3.63, 3.8) is 0 Å². The summed E-state index contributed by atoms with van der Waals surface area (Å²) in [7, 11) is 1.80. The number of amides is 1. The van der Waals surface area contributed by atoms with E-state index in [0.29, 0.717) is 26.4 Å². The number of nitrogens with one attached hydrogen (secondary N) is 1. The molecule has 1 N–H and O–H groups in total. The highest BCUT2D eigenvalue weighted by molar-refractivity contribution is 5.85. The average molecular weight is 329 g/mol. The lowest BCUT2D eigenvalue weighted by molar-refractivity contribution is -0.138. The van der Waals surface area contributed by atoms with Crippen LogP contribution in [0.2, 0.25) is 0 Å². The molecule has 22 heavy (non-hydrogen) atoms. The number of carbonyl (C=O) groups is 1. The largest absolute Gasteiger partial charge is 0.375 e. The Hall–Kier alpha value is -1.14. The minimum atomic E-state index is -0.252. The van der Waals surface area contributed by atoms with Crippen LogP contribution in [-0.2, 0) is 20.9 Å². The van der Waals surface area contributed by atoms with E-state index in [1.165, 1.54) is 0 Å². The maximum Gasteiger partial charge on any atom is 0.242 e. The quantitative estimate of drug-likeness (QED) is 0.803. The van der Waals surface area contributed by atoms with Crippen molar-refractivity contribution in [3.05, 3.63) is 35.9 Å². The molecule has 6 heteroatoms. The van der Waals surface area contributed by atoms with Crippen LogP contribution in [0.5, 0.6) is 0 Å². The Morgan fingerprint density at radius 2 is 2.14 bits per heavy atom. The predicted octanol–water partition coefficient (Wildman–Crippen LogP) is 1.46. The zero-order chi connectivity index (χ0) is 15.1. The van der Waals surface area contributed by atoms with E-state index in [0.717, 1.165) is 12.1 Å². The lowest BCUT2D eigenvalue weighted by Gasteiger charge is -2.32. The third-order valence-electron chi connectivity index (χ3n) is 3.64. The van der Waals surface area contributed by atoms with E-state index in [1.54, 1.807) is 11.9 Å². The van der Waals surface area contributed by atoms with Gasteiger partial charge in [0.25, 0.3) is 0 Å². The zero-order valence-corrected chi connectivity index (χ0v) is 14.0. The topological polar surface area (TPSA) is 50.8 Å². The first-order valence-corrected chi connectivity index (χ1v) is 7.40. The van der Waals surface area contributed by atoms with Gasteiger partial charge in [0.2, 0.25) is 5.91 Å². The molecular formula is C16H25ClN2O3. The maximum absolute atomic E-state index is 12.3. The number of likely N-dealkylation sites (N-methyl/N-ethyl adjacent to an activating group) is 1. The van der Waals surface area contributed by atoms with Gasteiger partial charge in [-0.05, 0) is 12.5 Å². The minimum Gasteiger partial charge on any atom is -0.375 e. The molecule has 1 fully saturated rings. The van der Waals surface area contributed by atoms with Gasteiger partial charge in [0.1, 0.15) is 6.04 Å². The van der Waals surface area contributed by atoms with Gasteiger partial charge in [0.15, 0.2) is 0 Å². The van der Waals surface area contributed by atoms with Crippen LogP contribution in [0.25, 0.3) is 0 Å². The van der Waals surface area contributed by atoms with E-state index in [-0.39, 0.29) is 30.5 Å². The van der Waals surface area contributed by atoms with Crippen molar-refractivity contribution in [2.45, 2.75) is 25.7 Å². The Bertz CT molecular complexity index is 444. The van der Waals surface area contributed by atoms with Crippen LogP contribution in [-0.4, -0.2) is 56.3 Å². The number of hydrogen-bond acceptors (Lipinski definition) is 4.